The zero-order valence-corrected chi connectivity index (χ0v) is 15.0. The van der Waals surface area contributed by atoms with E-state index in [1.54, 1.807) is 18.3 Å². The third-order valence-corrected chi connectivity index (χ3v) is 5.01. The molecule has 1 aliphatic heterocycles. The molecule has 0 spiro atoms. The lowest BCUT2D eigenvalue weighted by Gasteiger charge is -2.14. The lowest BCUT2D eigenvalue weighted by atomic mass is 10.2. The molecule has 1 saturated heterocycles. The van der Waals surface area contributed by atoms with Gasteiger partial charge in [-0.15, -0.1) is 0 Å². The molecule has 3 rings (SSSR count). The highest BCUT2D eigenvalue weighted by Crippen LogP contribution is 2.18. The average Bonchev–Trinajstić information content (AvgIpc) is 3.16. The Bertz CT molecular complexity index is 738. The van der Waals surface area contributed by atoms with Gasteiger partial charge in [0.1, 0.15) is 0 Å². The van der Waals surface area contributed by atoms with Crippen molar-refractivity contribution in [2.24, 2.45) is 0 Å². The normalized spacial score (nSPS) is 13.7. The number of aromatic nitrogens is 1. The molecule has 0 radical (unpaired) electrons. The summed E-state index contributed by atoms with van der Waals surface area (Å²) in [6, 6.07) is 11.3. The number of carbonyl (C=O) groups excluding carboxylic acids is 2. The summed E-state index contributed by atoms with van der Waals surface area (Å²) in [5.74, 6) is 0.242. The van der Waals surface area contributed by atoms with Crippen molar-refractivity contribution in [3.05, 3.63) is 53.7 Å². The van der Waals surface area contributed by atoms with Crippen LogP contribution >= 0.6 is 11.8 Å². The second-order valence-electron chi connectivity index (χ2n) is 6.09. The van der Waals surface area contributed by atoms with E-state index in [4.69, 9.17) is 0 Å². The van der Waals surface area contributed by atoms with Gasteiger partial charge in [-0.05, 0) is 44.0 Å². The maximum Gasteiger partial charge on any atom is 0.255 e. The van der Waals surface area contributed by atoms with Crippen LogP contribution in [0.1, 0.15) is 28.8 Å². The van der Waals surface area contributed by atoms with E-state index in [0.717, 1.165) is 42.2 Å². The topological polar surface area (TPSA) is 62.3 Å². The van der Waals surface area contributed by atoms with Crippen LogP contribution in [0.4, 0.5) is 5.69 Å². The molecule has 0 aliphatic carbocycles. The van der Waals surface area contributed by atoms with Crippen LogP contribution in [-0.2, 0) is 4.79 Å². The Labute approximate surface area is 151 Å². The number of thioether (sulfide) groups is 1. The molecule has 1 fully saturated rings. The Balaban J connectivity index is 1.50. The highest BCUT2D eigenvalue weighted by Gasteiger charge is 2.19. The SMILES string of the molecule is Cc1ccc(NC(=O)CSc2ccc(C(=O)N3CCCC3)cn2)cc1. The van der Waals surface area contributed by atoms with Crippen LogP contribution in [0.3, 0.4) is 0 Å². The summed E-state index contributed by atoms with van der Waals surface area (Å²) in [4.78, 5) is 30.4. The molecule has 25 heavy (non-hydrogen) atoms. The number of carbonyl (C=O) groups is 2. The van der Waals surface area contributed by atoms with E-state index in [0.29, 0.717) is 5.56 Å². The molecule has 130 valence electrons. The van der Waals surface area contributed by atoms with E-state index in [1.165, 1.54) is 11.8 Å². The van der Waals surface area contributed by atoms with Gasteiger partial charge in [0.2, 0.25) is 5.91 Å². The fourth-order valence-electron chi connectivity index (χ4n) is 2.67. The molecule has 6 heteroatoms. The summed E-state index contributed by atoms with van der Waals surface area (Å²) in [5.41, 5.74) is 2.55. The zero-order valence-electron chi connectivity index (χ0n) is 14.2. The Kier molecular flexibility index (Phi) is 5.71. The molecule has 2 heterocycles. The van der Waals surface area contributed by atoms with Crippen LogP contribution in [-0.4, -0.2) is 40.5 Å². The smallest absolute Gasteiger partial charge is 0.255 e. The third kappa shape index (κ3) is 4.82. The van der Waals surface area contributed by atoms with Crippen LogP contribution in [0.2, 0.25) is 0 Å². The molecule has 1 aromatic heterocycles. The number of benzene rings is 1. The molecule has 1 aliphatic rings. The van der Waals surface area contributed by atoms with Gasteiger partial charge in [0.15, 0.2) is 0 Å². The first kappa shape index (κ1) is 17.5. The van der Waals surface area contributed by atoms with E-state index in [9.17, 15) is 9.59 Å². The van der Waals surface area contributed by atoms with Gasteiger partial charge in [-0.1, -0.05) is 29.5 Å². The molecule has 0 saturated carbocycles. The lowest BCUT2D eigenvalue weighted by Crippen LogP contribution is -2.27. The number of nitrogens with zero attached hydrogens (tertiary/aromatic N) is 2. The molecule has 0 bridgehead atoms. The monoisotopic (exact) mass is 355 g/mol. The van der Waals surface area contributed by atoms with Crippen LogP contribution in [0.5, 0.6) is 0 Å². The molecule has 2 amide bonds. The van der Waals surface area contributed by atoms with Crippen molar-refractivity contribution >= 4 is 29.3 Å². The first-order valence-corrected chi connectivity index (χ1v) is 9.35. The van der Waals surface area contributed by atoms with Crippen molar-refractivity contribution in [1.82, 2.24) is 9.88 Å². The van der Waals surface area contributed by atoms with Crippen molar-refractivity contribution in [1.29, 1.82) is 0 Å². The van der Waals surface area contributed by atoms with E-state index in [-0.39, 0.29) is 17.6 Å². The predicted molar refractivity (Wildman–Crippen MR) is 99.9 cm³/mol. The van der Waals surface area contributed by atoms with Gasteiger partial charge in [-0.25, -0.2) is 4.98 Å². The fourth-order valence-corrected chi connectivity index (χ4v) is 3.31. The summed E-state index contributed by atoms with van der Waals surface area (Å²) in [6.45, 7) is 3.66. The second-order valence-corrected chi connectivity index (χ2v) is 7.08. The number of anilines is 1. The number of hydrogen-bond acceptors (Lipinski definition) is 4. The number of hydrogen-bond donors (Lipinski definition) is 1. The molecule has 1 N–H and O–H groups in total. The van der Waals surface area contributed by atoms with E-state index < -0.39 is 0 Å². The Hall–Kier alpha value is -2.34. The standard InChI is InChI=1S/C19H21N3O2S/c1-14-4-7-16(8-5-14)21-17(23)13-25-18-9-6-15(12-20-18)19(24)22-10-2-3-11-22/h4-9,12H,2-3,10-11,13H2,1H3,(H,21,23). The first-order valence-electron chi connectivity index (χ1n) is 8.36. The number of pyridine rings is 1. The molecule has 1 aromatic carbocycles. The minimum atomic E-state index is -0.0760. The van der Waals surface area contributed by atoms with Crippen molar-refractivity contribution in [2.45, 2.75) is 24.8 Å². The van der Waals surface area contributed by atoms with E-state index in [2.05, 4.69) is 10.3 Å². The predicted octanol–water partition coefficient (Wildman–Crippen LogP) is 3.36. The van der Waals surface area contributed by atoms with Gasteiger partial charge in [-0.3, -0.25) is 9.59 Å². The highest BCUT2D eigenvalue weighted by molar-refractivity contribution is 7.99. The second kappa shape index (κ2) is 8.16. The summed E-state index contributed by atoms with van der Waals surface area (Å²) in [6.07, 6.45) is 3.74. The summed E-state index contributed by atoms with van der Waals surface area (Å²) < 4.78 is 0. The third-order valence-electron chi connectivity index (χ3n) is 4.06. The van der Waals surface area contributed by atoms with Gasteiger partial charge < -0.3 is 10.2 Å². The van der Waals surface area contributed by atoms with Crippen molar-refractivity contribution in [2.75, 3.05) is 24.2 Å². The quantitative estimate of drug-likeness (QED) is 0.836. The first-order chi connectivity index (χ1) is 12.1. The van der Waals surface area contributed by atoms with Crippen LogP contribution in [0.25, 0.3) is 0 Å². The van der Waals surface area contributed by atoms with Crippen molar-refractivity contribution in [3.63, 3.8) is 0 Å². The minimum Gasteiger partial charge on any atom is -0.339 e. The van der Waals surface area contributed by atoms with Gasteiger partial charge in [-0.2, -0.15) is 0 Å². The Morgan fingerprint density at radius 3 is 2.48 bits per heavy atom. The van der Waals surface area contributed by atoms with Gasteiger partial charge >= 0.3 is 0 Å². The number of likely N-dealkylation sites (tertiary alicyclic amines) is 1. The van der Waals surface area contributed by atoms with Crippen molar-refractivity contribution < 1.29 is 9.59 Å². The van der Waals surface area contributed by atoms with Crippen LogP contribution < -0.4 is 5.32 Å². The maximum absolute atomic E-state index is 12.3. The Morgan fingerprint density at radius 1 is 1.12 bits per heavy atom. The molecular formula is C19H21N3O2S. The molecular weight excluding hydrogens is 334 g/mol. The van der Waals surface area contributed by atoms with Gasteiger partial charge in [0, 0.05) is 25.0 Å². The number of nitrogens with one attached hydrogen (secondary N) is 1. The summed E-state index contributed by atoms with van der Waals surface area (Å²) >= 11 is 1.36. The largest absolute Gasteiger partial charge is 0.339 e. The van der Waals surface area contributed by atoms with Crippen molar-refractivity contribution in [3.8, 4) is 0 Å². The van der Waals surface area contributed by atoms with Crippen LogP contribution in [0, 0.1) is 6.92 Å². The summed E-state index contributed by atoms with van der Waals surface area (Å²) in [5, 5.41) is 3.59. The maximum atomic E-state index is 12.3. The molecule has 0 atom stereocenters. The molecule has 2 aromatic rings. The minimum absolute atomic E-state index is 0.0404. The lowest BCUT2D eigenvalue weighted by molar-refractivity contribution is -0.113. The van der Waals surface area contributed by atoms with E-state index in [1.807, 2.05) is 36.1 Å². The van der Waals surface area contributed by atoms with Gasteiger partial charge in [0.05, 0.1) is 16.3 Å². The number of aryl methyl sites for hydroxylation is 1. The average molecular weight is 355 g/mol. The van der Waals surface area contributed by atoms with E-state index >= 15 is 0 Å². The zero-order chi connectivity index (χ0) is 17.6. The number of rotatable bonds is 5. The number of amides is 2. The Morgan fingerprint density at radius 2 is 1.84 bits per heavy atom. The fraction of sp³-hybridized carbons (Fsp3) is 0.316. The molecule has 5 nitrogen and oxygen atoms in total. The molecule has 0 unspecified atom stereocenters. The van der Waals surface area contributed by atoms with Gasteiger partial charge in [0.25, 0.3) is 5.91 Å². The summed E-state index contributed by atoms with van der Waals surface area (Å²) in [7, 11) is 0. The van der Waals surface area contributed by atoms with Crippen LogP contribution in [0.15, 0.2) is 47.6 Å². The highest BCUT2D eigenvalue weighted by atomic mass is 32.2.